The van der Waals surface area contributed by atoms with Gasteiger partial charge in [-0.1, -0.05) is 19.1 Å². The van der Waals surface area contributed by atoms with Crippen molar-refractivity contribution in [3.63, 3.8) is 0 Å². The molecule has 1 saturated carbocycles. The van der Waals surface area contributed by atoms with Crippen molar-refractivity contribution in [1.82, 2.24) is 4.90 Å². The average Bonchev–Trinajstić information content (AvgIpc) is 2.79. The number of nitrogens with zero attached hydrogens (tertiary/aromatic N) is 1. The van der Waals surface area contributed by atoms with Gasteiger partial charge in [0.15, 0.2) is 0 Å². The second-order valence-electron chi connectivity index (χ2n) is 6.72. The number of aliphatic hydroxyl groups excluding tert-OH is 1. The van der Waals surface area contributed by atoms with Crippen molar-refractivity contribution in [3.8, 4) is 0 Å². The lowest BCUT2D eigenvalue weighted by atomic mass is 9.78. The molecule has 3 atom stereocenters. The Balaban J connectivity index is 2.00. The summed E-state index contributed by atoms with van der Waals surface area (Å²) in [5.41, 5.74) is 0.863. The van der Waals surface area contributed by atoms with E-state index in [1.807, 2.05) is 13.8 Å². The van der Waals surface area contributed by atoms with Crippen LogP contribution in [0.25, 0.3) is 0 Å². The largest absolute Gasteiger partial charge is 0.391 e. The molecule has 2 fully saturated rings. The molecule has 120 valence electrons. The zero-order valence-electron chi connectivity index (χ0n) is 12.8. The van der Waals surface area contributed by atoms with E-state index in [0.717, 1.165) is 5.57 Å². The fourth-order valence-electron chi connectivity index (χ4n) is 3.55. The Morgan fingerprint density at radius 3 is 2.48 bits per heavy atom. The number of rotatable bonds is 3. The Morgan fingerprint density at radius 1 is 1.38 bits per heavy atom. The van der Waals surface area contributed by atoms with Gasteiger partial charge < -0.3 is 10.0 Å². The molecule has 21 heavy (non-hydrogen) atoms. The fourth-order valence-corrected chi connectivity index (χ4v) is 3.55. The molecule has 1 heterocycles. The summed E-state index contributed by atoms with van der Waals surface area (Å²) in [6.45, 7) is 7.90. The van der Waals surface area contributed by atoms with Crippen molar-refractivity contribution < 1.29 is 18.7 Å². The summed E-state index contributed by atoms with van der Waals surface area (Å²) in [5, 5.41) is 9.79. The molecule has 1 aliphatic carbocycles. The van der Waals surface area contributed by atoms with Gasteiger partial charge in [-0.05, 0) is 32.1 Å². The minimum absolute atomic E-state index is 0.0145. The zero-order valence-corrected chi connectivity index (χ0v) is 12.8. The SMILES string of the molecule is C=C(C)[C@@H]1C[C@@H](O)CN1C(=O)[C@H](C)C1CCC(F)(F)CC1. The first-order valence-corrected chi connectivity index (χ1v) is 7.73. The van der Waals surface area contributed by atoms with Crippen LogP contribution in [0.2, 0.25) is 0 Å². The van der Waals surface area contributed by atoms with Crippen molar-refractivity contribution in [2.24, 2.45) is 11.8 Å². The number of aliphatic hydroxyl groups is 1. The highest BCUT2D eigenvalue weighted by atomic mass is 19.3. The van der Waals surface area contributed by atoms with Gasteiger partial charge in [0.05, 0.1) is 12.1 Å². The molecule has 0 aromatic carbocycles. The number of carbonyl (C=O) groups excluding carboxylic acids is 1. The van der Waals surface area contributed by atoms with Crippen LogP contribution >= 0.6 is 0 Å². The lowest BCUT2D eigenvalue weighted by Gasteiger charge is -2.35. The minimum atomic E-state index is -2.57. The molecule has 0 radical (unpaired) electrons. The number of carbonyl (C=O) groups is 1. The van der Waals surface area contributed by atoms with Crippen LogP contribution in [0, 0.1) is 11.8 Å². The summed E-state index contributed by atoms with van der Waals surface area (Å²) < 4.78 is 26.4. The van der Waals surface area contributed by atoms with Crippen LogP contribution in [0.5, 0.6) is 0 Å². The van der Waals surface area contributed by atoms with Gasteiger partial charge in [-0.15, -0.1) is 0 Å². The Bertz CT molecular complexity index is 415. The molecule has 2 rings (SSSR count). The highest BCUT2D eigenvalue weighted by Gasteiger charge is 2.42. The Hall–Kier alpha value is -0.970. The number of alkyl halides is 2. The maximum absolute atomic E-state index is 13.2. The van der Waals surface area contributed by atoms with Crippen LogP contribution in [0.3, 0.4) is 0 Å². The van der Waals surface area contributed by atoms with E-state index < -0.39 is 12.0 Å². The molecule has 2 aliphatic rings. The van der Waals surface area contributed by atoms with Crippen LogP contribution in [-0.4, -0.2) is 40.5 Å². The molecule has 5 heteroatoms. The normalized spacial score (nSPS) is 31.2. The molecule has 1 amide bonds. The highest BCUT2D eigenvalue weighted by Crippen LogP contribution is 2.40. The van der Waals surface area contributed by atoms with Crippen LogP contribution in [0.15, 0.2) is 12.2 Å². The van der Waals surface area contributed by atoms with Gasteiger partial charge in [0.2, 0.25) is 11.8 Å². The maximum Gasteiger partial charge on any atom is 0.248 e. The third-order valence-electron chi connectivity index (χ3n) is 4.99. The number of likely N-dealkylation sites (tertiary alicyclic amines) is 1. The lowest BCUT2D eigenvalue weighted by molar-refractivity contribution is -0.139. The third kappa shape index (κ3) is 3.62. The van der Waals surface area contributed by atoms with Gasteiger partial charge in [-0.25, -0.2) is 8.78 Å². The van der Waals surface area contributed by atoms with Gasteiger partial charge in [-0.3, -0.25) is 4.79 Å². The Kier molecular flexibility index (Phi) is 4.71. The molecular formula is C16H25F2NO2. The molecule has 0 bridgehead atoms. The fraction of sp³-hybridized carbons (Fsp3) is 0.812. The predicted octanol–water partition coefficient (Wildman–Crippen LogP) is 2.99. The first-order valence-electron chi connectivity index (χ1n) is 7.73. The second kappa shape index (κ2) is 6.03. The molecule has 1 aliphatic heterocycles. The highest BCUT2D eigenvalue weighted by molar-refractivity contribution is 5.80. The smallest absolute Gasteiger partial charge is 0.248 e. The molecule has 3 nitrogen and oxygen atoms in total. The van der Waals surface area contributed by atoms with E-state index >= 15 is 0 Å². The van der Waals surface area contributed by atoms with Gasteiger partial charge in [0, 0.05) is 25.3 Å². The summed E-state index contributed by atoms with van der Waals surface area (Å²) in [5.74, 6) is -2.85. The molecule has 1 saturated heterocycles. The number of halogens is 2. The van der Waals surface area contributed by atoms with E-state index in [-0.39, 0.29) is 36.6 Å². The molecule has 1 N–H and O–H groups in total. The Labute approximate surface area is 125 Å². The molecule has 0 spiro atoms. The van der Waals surface area contributed by atoms with Crippen molar-refractivity contribution in [2.75, 3.05) is 6.54 Å². The van der Waals surface area contributed by atoms with Gasteiger partial charge >= 0.3 is 0 Å². The topological polar surface area (TPSA) is 40.5 Å². The minimum Gasteiger partial charge on any atom is -0.391 e. The van der Waals surface area contributed by atoms with E-state index in [1.54, 1.807) is 4.90 Å². The van der Waals surface area contributed by atoms with Crippen molar-refractivity contribution >= 4 is 5.91 Å². The maximum atomic E-state index is 13.2. The number of amides is 1. The van der Waals surface area contributed by atoms with Crippen LogP contribution in [0.1, 0.15) is 46.0 Å². The number of hydrogen-bond acceptors (Lipinski definition) is 2. The molecule has 0 aromatic rings. The Morgan fingerprint density at radius 2 is 1.95 bits per heavy atom. The lowest BCUT2D eigenvalue weighted by Crippen LogP contribution is -2.43. The van der Waals surface area contributed by atoms with E-state index in [9.17, 15) is 18.7 Å². The first kappa shape index (κ1) is 16.4. The molecular weight excluding hydrogens is 276 g/mol. The standard InChI is InChI=1S/C16H25F2NO2/c1-10(2)14-8-13(20)9-19(14)15(21)11(3)12-4-6-16(17,18)7-5-12/h11-14,20H,1,4-9H2,2-3H3/t11-,13-,14+/m1/s1. The van der Waals surface area contributed by atoms with Crippen molar-refractivity contribution in [2.45, 2.75) is 64.0 Å². The summed E-state index contributed by atoms with van der Waals surface area (Å²) >= 11 is 0. The van der Waals surface area contributed by atoms with Gasteiger partial charge in [0.1, 0.15) is 0 Å². The first-order chi connectivity index (χ1) is 9.71. The summed E-state index contributed by atoms with van der Waals surface area (Å²) in [7, 11) is 0. The van der Waals surface area contributed by atoms with Crippen molar-refractivity contribution in [1.29, 1.82) is 0 Å². The summed E-state index contributed by atoms with van der Waals surface area (Å²) in [6.07, 6.45) is 0.556. The van der Waals surface area contributed by atoms with Crippen LogP contribution in [0.4, 0.5) is 8.78 Å². The summed E-state index contributed by atoms with van der Waals surface area (Å²) in [4.78, 5) is 14.3. The number of β-amino-alcohol motifs (C(OH)–C–C–N with tert-alkyl or cyclic N) is 1. The van der Waals surface area contributed by atoms with Crippen LogP contribution < -0.4 is 0 Å². The average molecular weight is 301 g/mol. The number of hydrogen-bond donors (Lipinski definition) is 1. The second-order valence-corrected chi connectivity index (χ2v) is 6.72. The molecule has 0 aromatic heterocycles. The quantitative estimate of drug-likeness (QED) is 0.814. The zero-order chi connectivity index (χ0) is 15.8. The van der Waals surface area contributed by atoms with Gasteiger partial charge in [0.25, 0.3) is 0 Å². The van der Waals surface area contributed by atoms with E-state index in [1.165, 1.54) is 0 Å². The third-order valence-corrected chi connectivity index (χ3v) is 4.99. The van der Waals surface area contributed by atoms with Gasteiger partial charge in [-0.2, -0.15) is 0 Å². The van der Waals surface area contributed by atoms with Crippen LogP contribution in [-0.2, 0) is 4.79 Å². The predicted molar refractivity (Wildman–Crippen MR) is 77.0 cm³/mol. The van der Waals surface area contributed by atoms with E-state index in [4.69, 9.17) is 0 Å². The van der Waals surface area contributed by atoms with Crippen molar-refractivity contribution in [3.05, 3.63) is 12.2 Å². The summed E-state index contributed by atoms with van der Waals surface area (Å²) in [6, 6.07) is -0.125. The monoisotopic (exact) mass is 301 g/mol. The van der Waals surface area contributed by atoms with E-state index in [0.29, 0.717) is 25.8 Å². The van der Waals surface area contributed by atoms with E-state index in [2.05, 4.69) is 6.58 Å². The molecule has 0 unspecified atom stereocenters.